The number of carbonyl (C=O) groups excluding carboxylic acids is 2. The molecule has 2 aromatic carbocycles. The SMILES string of the molecule is COc1ccc(CNC(=O)[C@H]2CCN(c3ccc(Cl)cc3)C2=O)cc1OC. The van der Waals surface area contributed by atoms with Crippen molar-refractivity contribution in [3.8, 4) is 11.5 Å². The quantitative estimate of drug-likeness (QED) is 0.772. The van der Waals surface area contributed by atoms with Crippen LogP contribution < -0.4 is 19.7 Å². The summed E-state index contributed by atoms with van der Waals surface area (Å²) in [4.78, 5) is 26.7. The minimum atomic E-state index is -0.680. The van der Waals surface area contributed by atoms with Crippen LogP contribution in [0.4, 0.5) is 5.69 Å². The Kier molecular flexibility index (Phi) is 5.86. The lowest BCUT2D eigenvalue weighted by molar-refractivity contribution is -0.132. The van der Waals surface area contributed by atoms with Crippen LogP contribution in [0.5, 0.6) is 11.5 Å². The average molecular weight is 389 g/mol. The van der Waals surface area contributed by atoms with Gasteiger partial charge in [-0.3, -0.25) is 9.59 Å². The molecule has 2 amide bonds. The molecular formula is C20H21ClN2O4. The van der Waals surface area contributed by atoms with Crippen LogP contribution in [0.3, 0.4) is 0 Å². The fraction of sp³-hybridized carbons (Fsp3) is 0.300. The van der Waals surface area contributed by atoms with E-state index in [1.807, 2.05) is 6.07 Å². The van der Waals surface area contributed by atoms with E-state index in [4.69, 9.17) is 21.1 Å². The van der Waals surface area contributed by atoms with Gasteiger partial charge in [0.2, 0.25) is 11.8 Å². The van der Waals surface area contributed by atoms with Crippen LogP contribution in [0.1, 0.15) is 12.0 Å². The minimum absolute atomic E-state index is 0.192. The summed E-state index contributed by atoms with van der Waals surface area (Å²) in [6.07, 6.45) is 0.485. The predicted molar refractivity (Wildman–Crippen MR) is 103 cm³/mol. The zero-order valence-corrected chi connectivity index (χ0v) is 16.0. The number of carbonyl (C=O) groups is 2. The number of nitrogens with one attached hydrogen (secondary N) is 1. The van der Waals surface area contributed by atoms with Crippen LogP contribution in [0.2, 0.25) is 5.02 Å². The fourth-order valence-corrected chi connectivity index (χ4v) is 3.23. The van der Waals surface area contributed by atoms with Gasteiger partial charge in [-0.15, -0.1) is 0 Å². The third kappa shape index (κ3) is 4.17. The van der Waals surface area contributed by atoms with Gasteiger partial charge in [0.05, 0.1) is 14.2 Å². The standard InChI is InChI=1S/C20H21ClN2O4/c1-26-17-8-3-13(11-18(17)27-2)12-22-19(24)16-9-10-23(20(16)25)15-6-4-14(21)5-7-15/h3-8,11,16H,9-10,12H2,1-2H3,(H,22,24)/t16-/m1/s1. The summed E-state index contributed by atoms with van der Waals surface area (Å²) >= 11 is 5.89. The molecule has 3 rings (SSSR count). The highest BCUT2D eigenvalue weighted by Gasteiger charge is 2.37. The predicted octanol–water partition coefficient (Wildman–Crippen LogP) is 3.03. The van der Waals surface area contributed by atoms with Gasteiger partial charge < -0.3 is 19.7 Å². The molecular weight excluding hydrogens is 368 g/mol. The van der Waals surface area contributed by atoms with Crippen molar-refractivity contribution in [2.75, 3.05) is 25.7 Å². The maximum atomic E-state index is 12.6. The number of ether oxygens (including phenoxy) is 2. The average Bonchev–Trinajstić information content (AvgIpc) is 3.08. The summed E-state index contributed by atoms with van der Waals surface area (Å²) in [5.74, 6) is 0.0708. The molecule has 1 saturated heterocycles. The van der Waals surface area contributed by atoms with Gasteiger partial charge in [0.15, 0.2) is 11.5 Å². The lowest BCUT2D eigenvalue weighted by atomic mass is 10.1. The van der Waals surface area contributed by atoms with Crippen molar-refractivity contribution in [1.82, 2.24) is 5.32 Å². The lowest BCUT2D eigenvalue weighted by Gasteiger charge is -2.17. The summed E-state index contributed by atoms with van der Waals surface area (Å²) in [5.41, 5.74) is 1.61. The first-order chi connectivity index (χ1) is 13.0. The van der Waals surface area contributed by atoms with Gasteiger partial charge in [-0.05, 0) is 48.4 Å². The zero-order valence-electron chi connectivity index (χ0n) is 15.2. The Morgan fingerprint density at radius 2 is 1.85 bits per heavy atom. The Morgan fingerprint density at radius 1 is 1.15 bits per heavy atom. The fourth-order valence-electron chi connectivity index (χ4n) is 3.10. The van der Waals surface area contributed by atoms with E-state index in [0.29, 0.717) is 36.0 Å². The normalized spacial score (nSPS) is 16.3. The van der Waals surface area contributed by atoms with Gasteiger partial charge in [-0.25, -0.2) is 0 Å². The molecule has 0 spiro atoms. The van der Waals surface area contributed by atoms with Gasteiger partial charge in [0.1, 0.15) is 5.92 Å². The number of methoxy groups -OCH3 is 2. The van der Waals surface area contributed by atoms with Gasteiger partial charge in [0, 0.05) is 23.8 Å². The molecule has 1 aliphatic heterocycles. The lowest BCUT2D eigenvalue weighted by Crippen LogP contribution is -2.36. The molecule has 27 heavy (non-hydrogen) atoms. The molecule has 0 aromatic heterocycles. The highest BCUT2D eigenvalue weighted by atomic mass is 35.5. The second-order valence-electron chi connectivity index (χ2n) is 6.21. The van der Waals surface area contributed by atoms with Crippen LogP contribution >= 0.6 is 11.6 Å². The van der Waals surface area contributed by atoms with Crippen molar-refractivity contribution in [3.63, 3.8) is 0 Å². The number of amides is 2. The van der Waals surface area contributed by atoms with E-state index in [1.54, 1.807) is 55.5 Å². The Balaban J connectivity index is 1.62. The van der Waals surface area contributed by atoms with Crippen molar-refractivity contribution in [3.05, 3.63) is 53.1 Å². The molecule has 1 fully saturated rings. The summed E-state index contributed by atoms with van der Waals surface area (Å²) < 4.78 is 10.5. The van der Waals surface area contributed by atoms with Gasteiger partial charge in [0.25, 0.3) is 0 Å². The zero-order chi connectivity index (χ0) is 19.4. The number of anilines is 1. The summed E-state index contributed by atoms with van der Waals surface area (Å²) in [7, 11) is 3.13. The molecule has 1 N–H and O–H groups in total. The number of hydrogen-bond donors (Lipinski definition) is 1. The monoisotopic (exact) mass is 388 g/mol. The Labute approximate surface area is 163 Å². The number of hydrogen-bond acceptors (Lipinski definition) is 4. The molecule has 142 valence electrons. The smallest absolute Gasteiger partial charge is 0.239 e. The van der Waals surface area contributed by atoms with E-state index in [2.05, 4.69) is 5.32 Å². The first-order valence-corrected chi connectivity index (χ1v) is 8.97. The van der Waals surface area contributed by atoms with Crippen molar-refractivity contribution in [1.29, 1.82) is 0 Å². The maximum Gasteiger partial charge on any atom is 0.239 e. The Bertz CT molecular complexity index is 838. The summed E-state index contributed by atoms with van der Waals surface area (Å²) in [6, 6.07) is 12.5. The third-order valence-corrected chi connectivity index (χ3v) is 4.83. The first kappa shape index (κ1) is 19.0. The van der Waals surface area contributed by atoms with Gasteiger partial charge >= 0.3 is 0 Å². The molecule has 0 saturated carbocycles. The van der Waals surface area contributed by atoms with Crippen molar-refractivity contribution < 1.29 is 19.1 Å². The highest BCUT2D eigenvalue weighted by molar-refractivity contribution is 6.30. The van der Waals surface area contributed by atoms with Gasteiger partial charge in [-0.2, -0.15) is 0 Å². The molecule has 0 aliphatic carbocycles. The topological polar surface area (TPSA) is 67.9 Å². The van der Waals surface area contributed by atoms with E-state index < -0.39 is 5.92 Å². The first-order valence-electron chi connectivity index (χ1n) is 8.59. The molecule has 1 heterocycles. The van der Waals surface area contributed by atoms with Crippen molar-refractivity contribution in [2.24, 2.45) is 5.92 Å². The molecule has 0 unspecified atom stereocenters. The van der Waals surface area contributed by atoms with E-state index >= 15 is 0 Å². The molecule has 6 nitrogen and oxygen atoms in total. The third-order valence-electron chi connectivity index (χ3n) is 4.57. The number of nitrogens with zero attached hydrogens (tertiary/aromatic N) is 1. The second kappa shape index (κ2) is 8.31. The Morgan fingerprint density at radius 3 is 2.52 bits per heavy atom. The van der Waals surface area contributed by atoms with E-state index in [9.17, 15) is 9.59 Å². The highest BCUT2D eigenvalue weighted by Crippen LogP contribution is 2.28. The largest absolute Gasteiger partial charge is 0.493 e. The number of halogens is 1. The van der Waals surface area contributed by atoms with Crippen LogP contribution in [0, 0.1) is 5.92 Å². The molecule has 0 radical (unpaired) electrons. The van der Waals surface area contributed by atoms with Crippen molar-refractivity contribution in [2.45, 2.75) is 13.0 Å². The number of rotatable bonds is 6. The minimum Gasteiger partial charge on any atom is -0.493 e. The van der Waals surface area contributed by atoms with Crippen molar-refractivity contribution >= 4 is 29.1 Å². The van der Waals surface area contributed by atoms with Crippen LogP contribution in [-0.4, -0.2) is 32.6 Å². The van der Waals surface area contributed by atoms with Gasteiger partial charge in [-0.1, -0.05) is 17.7 Å². The summed E-state index contributed by atoms with van der Waals surface area (Å²) in [6.45, 7) is 0.818. The van der Waals surface area contributed by atoms with Crippen LogP contribution in [0.25, 0.3) is 0 Å². The Hall–Kier alpha value is -2.73. The summed E-state index contributed by atoms with van der Waals surface area (Å²) in [5, 5.41) is 3.44. The molecule has 1 aliphatic rings. The van der Waals surface area contributed by atoms with Crippen LogP contribution in [-0.2, 0) is 16.1 Å². The van der Waals surface area contributed by atoms with E-state index in [-0.39, 0.29) is 11.8 Å². The van der Waals surface area contributed by atoms with E-state index in [1.165, 1.54) is 0 Å². The maximum absolute atomic E-state index is 12.6. The number of benzene rings is 2. The van der Waals surface area contributed by atoms with E-state index in [0.717, 1.165) is 11.3 Å². The molecule has 7 heteroatoms. The second-order valence-corrected chi connectivity index (χ2v) is 6.65. The van der Waals surface area contributed by atoms with Crippen LogP contribution in [0.15, 0.2) is 42.5 Å². The molecule has 0 bridgehead atoms. The molecule has 2 aromatic rings. The molecule has 1 atom stereocenters.